The molecule has 0 aliphatic carbocycles. The standard InChI is InChI=1S/C21H26N6O/c1-2-27-19(15-25-13-10-22-16-25)23-24-21(27)18-8-11-26(12-9-18)20(28)14-17-6-4-3-5-7-17/h3-7,10,13,16,18H,2,8-9,11-12,14-15H2,1H3. The Morgan fingerprint density at radius 2 is 1.93 bits per heavy atom. The lowest BCUT2D eigenvalue weighted by molar-refractivity contribution is -0.131. The van der Waals surface area contributed by atoms with E-state index in [1.54, 1.807) is 12.5 Å². The maximum Gasteiger partial charge on any atom is 0.226 e. The first kappa shape index (κ1) is 18.4. The van der Waals surface area contributed by atoms with Crippen LogP contribution in [0.2, 0.25) is 0 Å². The summed E-state index contributed by atoms with van der Waals surface area (Å²) in [6, 6.07) is 9.96. The molecule has 0 bridgehead atoms. The molecule has 146 valence electrons. The molecule has 28 heavy (non-hydrogen) atoms. The molecule has 1 aromatic carbocycles. The topological polar surface area (TPSA) is 68.8 Å². The first-order chi connectivity index (χ1) is 13.7. The Morgan fingerprint density at radius 1 is 1.14 bits per heavy atom. The van der Waals surface area contributed by atoms with E-state index in [9.17, 15) is 4.79 Å². The third-order valence-corrected chi connectivity index (χ3v) is 5.47. The average molecular weight is 378 g/mol. The monoisotopic (exact) mass is 378 g/mol. The van der Waals surface area contributed by atoms with Gasteiger partial charge in [0.25, 0.3) is 0 Å². The van der Waals surface area contributed by atoms with E-state index in [0.717, 1.165) is 49.7 Å². The fourth-order valence-corrected chi connectivity index (χ4v) is 3.93. The molecule has 0 N–H and O–H groups in total. The van der Waals surface area contributed by atoms with Gasteiger partial charge in [0.1, 0.15) is 5.82 Å². The van der Waals surface area contributed by atoms with Gasteiger partial charge < -0.3 is 14.0 Å². The van der Waals surface area contributed by atoms with Crippen LogP contribution in [0.5, 0.6) is 0 Å². The second kappa shape index (κ2) is 8.37. The number of nitrogens with zero attached hydrogens (tertiary/aromatic N) is 6. The molecule has 0 radical (unpaired) electrons. The summed E-state index contributed by atoms with van der Waals surface area (Å²) in [5.74, 6) is 2.57. The van der Waals surface area contributed by atoms with Crippen LogP contribution in [0.4, 0.5) is 0 Å². The molecule has 1 fully saturated rings. The molecule has 0 spiro atoms. The molecule has 4 rings (SSSR count). The zero-order valence-corrected chi connectivity index (χ0v) is 16.2. The van der Waals surface area contributed by atoms with Crippen molar-refractivity contribution in [3.63, 3.8) is 0 Å². The Kier molecular flexibility index (Phi) is 5.50. The van der Waals surface area contributed by atoms with Gasteiger partial charge in [-0.15, -0.1) is 10.2 Å². The second-order valence-electron chi connectivity index (χ2n) is 7.27. The predicted octanol–water partition coefficient (Wildman–Crippen LogP) is 2.49. The van der Waals surface area contributed by atoms with Crippen LogP contribution in [0, 0.1) is 0 Å². The van der Waals surface area contributed by atoms with Gasteiger partial charge in [0.15, 0.2) is 5.82 Å². The molecule has 3 heterocycles. The van der Waals surface area contributed by atoms with Crippen LogP contribution in [0.25, 0.3) is 0 Å². The van der Waals surface area contributed by atoms with E-state index < -0.39 is 0 Å². The molecule has 1 aliphatic rings. The van der Waals surface area contributed by atoms with Crippen molar-refractivity contribution in [2.24, 2.45) is 0 Å². The van der Waals surface area contributed by atoms with E-state index in [1.165, 1.54) is 0 Å². The zero-order chi connectivity index (χ0) is 19.3. The summed E-state index contributed by atoms with van der Waals surface area (Å²) < 4.78 is 4.22. The van der Waals surface area contributed by atoms with Crippen molar-refractivity contribution in [3.8, 4) is 0 Å². The van der Waals surface area contributed by atoms with Crippen molar-refractivity contribution in [2.45, 2.75) is 45.2 Å². The van der Waals surface area contributed by atoms with Crippen molar-refractivity contribution in [1.29, 1.82) is 0 Å². The minimum atomic E-state index is 0.211. The Labute approximate surface area is 165 Å². The number of carbonyl (C=O) groups excluding carboxylic acids is 1. The maximum atomic E-state index is 12.6. The number of likely N-dealkylation sites (tertiary alicyclic amines) is 1. The van der Waals surface area contributed by atoms with Gasteiger partial charge in [-0.3, -0.25) is 4.79 Å². The zero-order valence-electron chi connectivity index (χ0n) is 16.2. The third kappa shape index (κ3) is 3.98. The normalized spacial score (nSPS) is 15.1. The number of carbonyl (C=O) groups is 1. The molecule has 1 saturated heterocycles. The fourth-order valence-electron chi connectivity index (χ4n) is 3.93. The van der Waals surface area contributed by atoms with Crippen molar-refractivity contribution >= 4 is 5.91 Å². The van der Waals surface area contributed by atoms with Gasteiger partial charge in [-0.2, -0.15) is 0 Å². The number of hydrogen-bond donors (Lipinski definition) is 0. The van der Waals surface area contributed by atoms with Crippen molar-refractivity contribution in [2.75, 3.05) is 13.1 Å². The molecule has 2 aromatic heterocycles. The van der Waals surface area contributed by atoms with Gasteiger partial charge >= 0.3 is 0 Å². The highest BCUT2D eigenvalue weighted by molar-refractivity contribution is 5.78. The van der Waals surface area contributed by atoms with Gasteiger partial charge in [0, 0.05) is 37.9 Å². The van der Waals surface area contributed by atoms with E-state index in [4.69, 9.17) is 0 Å². The Balaban J connectivity index is 1.38. The maximum absolute atomic E-state index is 12.6. The van der Waals surface area contributed by atoms with Crippen molar-refractivity contribution in [1.82, 2.24) is 29.2 Å². The number of rotatable bonds is 6. The fraction of sp³-hybridized carbons (Fsp3) is 0.429. The van der Waals surface area contributed by atoms with Crippen LogP contribution >= 0.6 is 0 Å². The molecule has 3 aromatic rings. The van der Waals surface area contributed by atoms with Gasteiger partial charge in [0.2, 0.25) is 5.91 Å². The van der Waals surface area contributed by atoms with E-state index in [2.05, 4.69) is 26.7 Å². The molecule has 0 saturated carbocycles. The van der Waals surface area contributed by atoms with E-state index in [0.29, 0.717) is 18.9 Å². The van der Waals surface area contributed by atoms with Crippen molar-refractivity contribution in [3.05, 3.63) is 66.3 Å². The number of aromatic nitrogens is 5. The van der Waals surface area contributed by atoms with Gasteiger partial charge in [-0.25, -0.2) is 4.98 Å². The molecule has 0 atom stereocenters. The SMILES string of the molecule is CCn1c(Cn2ccnc2)nnc1C1CCN(C(=O)Cc2ccccc2)CC1. The van der Waals surface area contributed by atoms with Crippen LogP contribution in [0.15, 0.2) is 49.1 Å². The van der Waals surface area contributed by atoms with Gasteiger partial charge in [-0.1, -0.05) is 30.3 Å². The Bertz CT molecular complexity index is 894. The van der Waals surface area contributed by atoms with Crippen LogP contribution in [-0.4, -0.2) is 48.2 Å². The number of piperidine rings is 1. The van der Waals surface area contributed by atoms with E-state index in [1.807, 2.05) is 46.0 Å². The summed E-state index contributed by atoms with van der Waals surface area (Å²) in [5, 5.41) is 8.94. The predicted molar refractivity (Wildman–Crippen MR) is 106 cm³/mol. The summed E-state index contributed by atoms with van der Waals surface area (Å²) >= 11 is 0. The van der Waals surface area contributed by atoms with E-state index >= 15 is 0 Å². The number of hydrogen-bond acceptors (Lipinski definition) is 4. The summed E-state index contributed by atoms with van der Waals surface area (Å²) in [5.41, 5.74) is 1.07. The van der Waals surface area contributed by atoms with Crippen molar-refractivity contribution < 1.29 is 4.79 Å². The highest BCUT2D eigenvalue weighted by atomic mass is 16.2. The van der Waals surface area contributed by atoms with Gasteiger partial charge in [0.05, 0.1) is 19.3 Å². The van der Waals surface area contributed by atoms with Crippen LogP contribution in [0.1, 0.15) is 42.9 Å². The minimum absolute atomic E-state index is 0.211. The third-order valence-electron chi connectivity index (χ3n) is 5.47. The highest BCUT2D eigenvalue weighted by Crippen LogP contribution is 2.28. The Hall–Kier alpha value is -2.96. The molecule has 1 amide bonds. The molecule has 7 heteroatoms. The van der Waals surface area contributed by atoms with Crippen LogP contribution in [0.3, 0.4) is 0 Å². The summed E-state index contributed by atoms with van der Waals surface area (Å²) in [4.78, 5) is 18.7. The largest absolute Gasteiger partial charge is 0.342 e. The molecular formula is C21H26N6O. The minimum Gasteiger partial charge on any atom is -0.342 e. The summed E-state index contributed by atoms with van der Waals surface area (Å²) in [6.07, 6.45) is 7.85. The second-order valence-corrected chi connectivity index (χ2v) is 7.27. The summed E-state index contributed by atoms with van der Waals surface area (Å²) in [6.45, 7) is 5.21. The quantitative estimate of drug-likeness (QED) is 0.661. The van der Waals surface area contributed by atoms with E-state index in [-0.39, 0.29) is 5.91 Å². The smallest absolute Gasteiger partial charge is 0.226 e. The molecule has 7 nitrogen and oxygen atoms in total. The average Bonchev–Trinajstić information content (AvgIpc) is 3.39. The van der Waals surface area contributed by atoms with Crippen LogP contribution < -0.4 is 0 Å². The lowest BCUT2D eigenvalue weighted by Crippen LogP contribution is -2.39. The molecule has 0 unspecified atom stereocenters. The lowest BCUT2D eigenvalue weighted by atomic mass is 9.95. The first-order valence-corrected chi connectivity index (χ1v) is 9.94. The van der Waals surface area contributed by atoms with Gasteiger partial charge in [-0.05, 0) is 25.3 Å². The lowest BCUT2D eigenvalue weighted by Gasteiger charge is -2.32. The summed E-state index contributed by atoms with van der Waals surface area (Å²) in [7, 11) is 0. The number of imidazole rings is 1. The van der Waals surface area contributed by atoms with Crippen LogP contribution in [-0.2, 0) is 24.3 Å². The molecule has 1 aliphatic heterocycles. The first-order valence-electron chi connectivity index (χ1n) is 9.94. The highest BCUT2D eigenvalue weighted by Gasteiger charge is 2.27. The molecular weight excluding hydrogens is 352 g/mol. The Morgan fingerprint density at radius 3 is 2.61 bits per heavy atom. The number of benzene rings is 1. The number of amides is 1.